The lowest BCUT2D eigenvalue weighted by atomic mass is 9.85. The van der Waals surface area contributed by atoms with Crippen LogP contribution in [0.1, 0.15) is 46.0 Å². The zero-order valence-corrected chi connectivity index (χ0v) is 18.5. The number of carbonyl (C=O) groups is 2. The van der Waals surface area contributed by atoms with E-state index < -0.39 is 5.91 Å². The van der Waals surface area contributed by atoms with Crippen molar-refractivity contribution in [2.24, 2.45) is 11.5 Å². The molecule has 0 bridgehead atoms. The van der Waals surface area contributed by atoms with Crippen molar-refractivity contribution < 1.29 is 14.3 Å². The highest BCUT2D eigenvalue weighted by Gasteiger charge is 2.34. The highest BCUT2D eigenvalue weighted by Crippen LogP contribution is 2.31. The summed E-state index contributed by atoms with van der Waals surface area (Å²) in [6.45, 7) is 5.12. The summed E-state index contributed by atoms with van der Waals surface area (Å²) < 4.78 is 6.71. The van der Waals surface area contributed by atoms with Gasteiger partial charge in [-0.05, 0) is 48.4 Å². The van der Waals surface area contributed by atoms with Crippen LogP contribution in [0.5, 0.6) is 5.75 Å². The molecule has 8 nitrogen and oxygen atoms in total. The third kappa shape index (κ3) is 3.62. The predicted octanol–water partition coefficient (Wildman–Crippen LogP) is 2.42. The van der Waals surface area contributed by atoms with Crippen molar-refractivity contribution in [2.45, 2.75) is 25.7 Å². The van der Waals surface area contributed by atoms with E-state index in [2.05, 4.69) is 18.9 Å². The van der Waals surface area contributed by atoms with Crippen molar-refractivity contribution in [3.8, 4) is 11.4 Å². The summed E-state index contributed by atoms with van der Waals surface area (Å²) in [5.41, 5.74) is 14.9. The number of nitrogens with zero attached hydrogens (tertiary/aromatic N) is 3. The smallest absolute Gasteiger partial charge is 0.277 e. The van der Waals surface area contributed by atoms with Crippen LogP contribution in [0.2, 0.25) is 0 Å². The SMILES string of the molecule is COc1ccc(-n2nc(C(N)=O)c3c2C(=O)N(c2ccc(C(C)(C)CN)cc2)CC3)cc1. The van der Waals surface area contributed by atoms with Crippen molar-refractivity contribution in [3.63, 3.8) is 0 Å². The van der Waals surface area contributed by atoms with Crippen LogP contribution in [0.25, 0.3) is 5.69 Å². The van der Waals surface area contributed by atoms with E-state index in [0.29, 0.717) is 42.2 Å². The fraction of sp³-hybridized carbons (Fsp3) is 0.292. The number of hydrogen-bond donors (Lipinski definition) is 2. The fourth-order valence-corrected chi connectivity index (χ4v) is 3.92. The van der Waals surface area contributed by atoms with Crippen LogP contribution in [-0.2, 0) is 11.8 Å². The maximum Gasteiger partial charge on any atom is 0.277 e. The van der Waals surface area contributed by atoms with Gasteiger partial charge in [-0.3, -0.25) is 9.59 Å². The maximum absolute atomic E-state index is 13.6. The van der Waals surface area contributed by atoms with Crippen molar-refractivity contribution in [2.75, 3.05) is 25.1 Å². The van der Waals surface area contributed by atoms with E-state index in [4.69, 9.17) is 16.2 Å². The summed E-state index contributed by atoms with van der Waals surface area (Å²) in [4.78, 5) is 27.3. The average molecular weight is 434 g/mol. The molecule has 0 saturated carbocycles. The van der Waals surface area contributed by atoms with Crippen LogP contribution < -0.4 is 21.1 Å². The van der Waals surface area contributed by atoms with Gasteiger partial charge in [0, 0.05) is 29.8 Å². The van der Waals surface area contributed by atoms with Gasteiger partial charge in [0.15, 0.2) is 5.69 Å². The molecule has 1 aliphatic heterocycles. The Morgan fingerprint density at radius 1 is 1.09 bits per heavy atom. The second-order valence-corrected chi connectivity index (χ2v) is 8.49. The van der Waals surface area contributed by atoms with E-state index in [-0.39, 0.29) is 17.0 Å². The molecule has 166 valence electrons. The van der Waals surface area contributed by atoms with Crippen LogP contribution in [0.3, 0.4) is 0 Å². The Hall–Kier alpha value is -3.65. The molecule has 8 heteroatoms. The molecule has 1 aromatic heterocycles. The van der Waals surface area contributed by atoms with Crippen LogP contribution in [0.4, 0.5) is 5.69 Å². The van der Waals surface area contributed by atoms with Crippen molar-refractivity contribution >= 4 is 17.5 Å². The van der Waals surface area contributed by atoms with E-state index in [9.17, 15) is 9.59 Å². The fourth-order valence-electron chi connectivity index (χ4n) is 3.92. The van der Waals surface area contributed by atoms with E-state index in [0.717, 1.165) is 11.3 Å². The molecule has 0 fully saturated rings. The van der Waals surface area contributed by atoms with Crippen molar-refractivity contribution in [3.05, 3.63) is 71.0 Å². The number of carbonyl (C=O) groups excluding carboxylic acids is 2. The van der Waals surface area contributed by atoms with Crippen LogP contribution >= 0.6 is 0 Å². The minimum absolute atomic E-state index is 0.129. The Morgan fingerprint density at radius 3 is 2.28 bits per heavy atom. The van der Waals surface area contributed by atoms with Gasteiger partial charge in [-0.15, -0.1) is 0 Å². The minimum atomic E-state index is -0.650. The number of amides is 2. The lowest BCUT2D eigenvalue weighted by Gasteiger charge is -2.29. The van der Waals surface area contributed by atoms with Crippen LogP contribution in [-0.4, -0.2) is 41.8 Å². The summed E-state index contributed by atoms with van der Waals surface area (Å²) in [5.74, 6) is -0.200. The van der Waals surface area contributed by atoms with Gasteiger partial charge in [0.05, 0.1) is 12.8 Å². The van der Waals surface area contributed by atoms with Crippen LogP contribution in [0.15, 0.2) is 48.5 Å². The number of hydrogen-bond acceptors (Lipinski definition) is 5. The summed E-state index contributed by atoms with van der Waals surface area (Å²) in [6, 6.07) is 15.0. The number of fused-ring (bicyclic) bond motifs is 1. The Balaban J connectivity index is 1.75. The monoisotopic (exact) mass is 433 g/mol. The predicted molar refractivity (Wildman–Crippen MR) is 123 cm³/mol. The molecule has 2 heterocycles. The first-order chi connectivity index (χ1) is 15.3. The molecule has 0 atom stereocenters. The van der Waals surface area contributed by atoms with Gasteiger partial charge in [-0.2, -0.15) is 5.10 Å². The molecule has 0 aliphatic carbocycles. The van der Waals surface area contributed by atoms with E-state index >= 15 is 0 Å². The van der Waals surface area contributed by atoms with Gasteiger partial charge in [-0.25, -0.2) is 4.68 Å². The number of aromatic nitrogens is 2. The third-order valence-electron chi connectivity index (χ3n) is 6.04. The van der Waals surface area contributed by atoms with Gasteiger partial charge in [0.25, 0.3) is 11.8 Å². The van der Waals surface area contributed by atoms with Gasteiger partial charge in [-0.1, -0.05) is 26.0 Å². The lowest BCUT2D eigenvalue weighted by molar-refractivity contribution is 0.0972. The summed E-state index contributed by atoms with van der Waals surface area (Å²) in [5, 5.41) is 4.39. The first-order valence-corrected chi connectivity index (χ1v) is 10.5. The Labute approximate surface area is 186 Å². The third-order valence-corrected chi connectivity index (χ3v) is 6.04. The van der Waals surface area contributed by atoms with E-state index in [1.54, 1.807) is 36.3 Å². The second kappa shape index (κ2) is 8.12. The van der Waals surface area contributed by atoms with Gasteiger partial charge >= 0.3 is 0 Å². The number of rotatable bonds is 6. The average Bonchev–Trinajstić information content (AvgIpc) is 3.20. The number of primary amides is 1. The second-order valence-electron chi connectivity index (χ2n) is 8.49. The van der Waals surface area contributed by atoms with Crippen LogP contribution in [0, 0.1) is 0 Å². The van der Waals surface area contributed by atoms with Gasteiger partial charge in [0.1, 0.15) is 11.4 Å². The number of benzene rings is 2. The number of anilines is 1. The molecular weight excluding hydrogens is 406 g/mol. The first kappa shape index (κ1) is 21.6. The largest absolute Gasteiger partial charge is 0.497 e. The molecule has 0 radical (unpaired) electrons. The molecule has 0 spiro atoms. The first-order valence-electron chi connectivity index (χ1n) is 10.5. The summed E-state index contributed by atoms with van der Waals surface area (Å²) in [6.07, 6.45) is 0.478. The number of nitrogens with two attached hydrogens (primary N) is 2. The number of ether oxygens (including phenoxy) is 1. The highest BCUT2D eigenvalue weighted by atomic mass is 16.5. The van der Waals surface area contributed by atoms with Crippen molar-refractivity contribution in [1.82, 2.24) is 9.78 Å². The summed E-state index contributed by atoms with van der Waals surface area (Å²) >= 11 is 0. The van der Waals surface area contributed by atoms with E-state index in [1.807, 2.05) is 24.3 Å². The standard InChI is InChI=1S/C24H27N5O3/c1-24(2,14-25)15-4-6-16(7-5-15)28-13-12-19-20(22(26)30)27-29(21(19)23(28)31)17-8-10-18(32-3)11-9-17/h4-11H,12-14,25H2,1-3H3,(H2,26,30). The summed E-state index contributed by atoms with van der Waals surface area (Å²) in [7, 11) is 1.58. The molecule has 2 amide bonds. The zero-order chi connectivity index (χ0) is 23.0. The quantitative estimate of drug-likeness (QED) is 0.619. The Bertz CT molecular complexity index is 1160. The maximum atomic E-state index is 13.6. The Morgan fingerprint density at radius 2 is 1.72 bits per heavy atom. The zero-order valence-electron chi connectivity index (χ0n) is 18.5. The molecule has 0 saturated heterocycles. The topological polar surface area (TPSA) is 116 Å². The molecule has 4 rings (SSSR count). The van der Waals surface area contributed by atoms with Gasteiger partial charge < -0.3 is 21.1 Å². The van der Waals surface area contributed by atoms with E-state index in [1.165, 1.54) is 4.68 Å². The normalized spacial score (nSPS) is 13.8. The van der Waals surface area contributed by atoms with Gasteiger partial charge in [0.2, 0.25) is 0 Å². The lowest BCUT2D eigenvalue weighted by Crippen LogP contribution is -2.39. The number of methoxy groups -OCH3 is 1. The molecule has 4 N–H and O–H groups in total. The van der Waals surface area contributed by atoms with Crippen molar-refractivity contribution in [1.29, 1.82) is 0 Å². The Kier molecular flexibility index (Phi) is 5.48. The minimum Gasteiger partial charge on any atom is -0.497 e. The molecule has 32 heavy (non-hydrogen) atoms. The highest BCUT2D eigenvalue weighted by molar-refractivity contribution is 6.09. The molecular formula is C24H27N5O3. The molecule has 2 aromatic carbocycles. The molecule has 0 unspecified atom stereocenters. The molecule has 1 aliphatic rings. The molecule has 3 aromatic rings.